The first-order chi connectivity index (χ1) is 17.2. The van der Waals surface area contributed by atoms with E-state index in [9.17, 15) is 4.79 Å². The van der Waals surface area contributed by atoms with Crippen molar-refractivity contribution in [3.05, 3.63) is 101 Å². The Bertz CT molecular complexity index is 1430. The van der Waals surface area contributed by atoms with Crippen LogP contribution in [0.3, 0.4) is 0 Å². The Kier molecular flexibility index (Phi) is 5.80. The molecule has 3 heterocycles. The Hall–Kier alpha value is -3.90. The van der Waals surface area contributed by atoms with Crippen LogP contribution in [0, 0.1) is 0 Å². The predicted octanol–water partition coefficient (Wildman–Crippen LogP) is 6.49. The van der Waals surface area contributed by atoms with Crippen LogP contribution in [0.15, 0.2) is 91.0 Å². The lowest BCUT2D eigenvalue weighted by molar-refractivity contribution is -0.117. The third-order valence-electron chi connectivity index (χ3n) is 6.56. The molecule has 0 unspecified atom stereocenters. The molecule has 0 aliphatic carbocycles. The number of aromatic amines is 1. The maximum absolute atomic E-state index is 13.4. The Morgan fingerprint density at radius 3 is 2.54 bits per heavy atom. The first-order valence-electron chi connectivity index (χ1n) is 12.0. The minimum absolute atomic E-state index is 0.000721. The van der Waals surface area contributed by atoms with E-state index in [4.69, 9.17) is 4.98 Å². The van der Waals surface area contributed by atoms with Crippen molar-refractivity contribution in [3.63, 3.8) is 0 Å². The van der Waals surface area contributed by atoms with E-state index >= 15 is 0 Å². The van der Waals surface area contributed by atoms with Crippen LogP contribution in [0.4, 0.5) is 10.9 Å². The summed E-state index contributed by atoms with van der Waals surface area (Å²) in [5.41, 5.74) is 4.32. The van der Waals surface area contributed by atoms with Crippen LogP contribution >= 0.6 is 11.3 Å². The van der Waals surface area contributed by atoms with E-state index in [1.54, 1.807) is 11.3 Å². The maximum atomic E-state index is 13.4. The van der Waals surface area contributed by atoms with Crippen molar-refractivity contribution in [2.45, 2.75) is 25.3 Å². The summed E-state index contributed by atoms with van der Waals surface area (Å²) in [6.45, 7) is 0.858. The minimum atomic E-state index is -0.218. The number of aromatic nitrogens is 2. The van der Waals surface area contributed by atoms with E-state index in [0.29, 0.717) is 5.13 Å². The number of fused-ring (bicyclic) bond motifs is 1. The van der Waals surface area contributed by atoms with Gasteiger partial charge in [0.15, 0.2) is 5.13 Å². The van der Waals surface area contributed by atoms with Crippen molar-refractivity contribution in [1.29, 1.82) is 0 Å². The zero-order valence-corrected chi connectivity index (χ0v) is 20.1. The molecule has 174 valence electrons. The number of nitrogens with one attached hydrogen (secondary N) is 2. The van der Waals surface area contributed by atoms with Gasteiger partial charge in [-0.25, -0.2) is 4.98 Å². The van der Waals surface area contributed by atoms with Crippen LogP contribution in [-0.2, 0) is 11.2 Å². The number of hydrogen-bond donors (Lipinski definition) is 2. The molecule has 6 rings (SSSR count). The Morgan fingerprint density at radius 2 is 1.74 bits per heavy atom. The van der Waals surface area contributed by atoms with Crippen molar-refractivity contribution in [2.75, 3.05) is 16.8 Å². The molecule has 2 aromatic heterocycles. The molecule has 1 aliphatic rings. The lowest BCUT2D eigenvalue weighted by atomic mass is 10.1. The van der Waals surface area contributed by atoms with Gasteiger partial charge in [-0.05, 0) is 30.5 Å². The number of thiazole rings is 1. The number of rotatable bonds is 6. The molecule has 0 radical (unpaired) electrons. The lowest BCUT2D eigenvalue weighted by Crippen LogP contribution is -2.39. The molecule has 5 nitrogen and oxygen atoms in total. The van der Waals surface area contributed by atoms with Crippen LogP contribution < -0.4 is 10.2 Å². The molecule has 1 fully saturated rings. The molecule has 0 saturated carbocycles. The number of hydrogen-bond acceptors (Lipinski definition) is 4. The summed E-state index contributed by atoms with van der Waals surface area (Å²) in [6.07, 6.45) is 2.60. The quantitative estimate of drug-likeness (QED) is 0.293. The van der Waals surface area contributed by atoms with Gasteiger partial charge in [0.05, 0.1) is 5.69 Å². The fraction of sp³-hybridized carbons (Fsp3) is 0.172. The van der Waals surface area contributed by atoms with E-state index in [1.165, 1.54) is 5.56 Å². The van der Waals surface area contributed by atoms with Crippen LogP contribution in [-0.4, -0.2) is 28.5 Å². The van der Waals surface area contributed by atoms with E-state index < -0.39 is 0 Å². The molecular weight excluding hydrogens is 452 g/mol. The largest absolute Gasteiger partial charge is 0.346 e. The Morgan fingerprint density at radius 1 is 1.00 bits per heavy atom. The van der Waals surface area contributed by atoms with Gasteiger partial charge in [-0.1, -0.05) is 78.9 Å². The summed E-state index contributed by atoms with van der Waals surface area (Å²) in [4.78, 5) is 25.1. The lowest BCUT2D eigenvalue weighted by Gasteiger charge is -2.24. The van der Waals surface area contributed by atoms with Crippen molar-refractivity contribution >= 4 is 39.1 Å². The molecule has 35 heavy (non-hydrogen) atoms. The Balaban J connectivity index is 1.26. The number of anilines is 2. The number of amides is 1. The number of carbonyl (C=O) groups excluding carboxylic acids is 1. The molecular formula is C29H26N4OS. The summed E-state index contributed by atoms with van der Waals surface area (Å²) < 4.78 is 0. The second kappa shape index (κ2) is 9.39. The average molecular weight is 479 g/mol. The highest BCUT2D eigenvalue weighted by Gasteiger charge is 2.32. The van der Waals surface area contributed by atoms with E-state index in [0.717, 1.165) is 58.7 Å². The topological polar surface area (TPSA) is 61.0 Å². The van der Waals surface area contributed by atoms with Crippen LogP contribution in [0.1, 0.15) is 23.3 Å². The normalized spacial score (nSPS) is 15.5. The standard InChI is InChI=1S/C29H26N4OS/c34-28(24-16-9-17-33(24)26-19-22-14-7-8-15-23(22)30-26)32-29-31-27(21-12-5-2-6-13-21)25(35-29)18-20-10-3-1-4-11-20/h1-8,10-15,19,24,30H,9,16-18H2,(H,31,32,34)/t24-/m0/s1. The summed E-state index contributed by atoms with van der Waals surface area (Å²) in [6, 6.07) is 30.7. The summed E-state index contributed by atoms with van der Waals surface area (Å²) in [5.74, 6) is 0.999. The number of carbonyl (C=O) groups is 1. The zero-order chi connectivity index (χ0) is 23.6. The second-order valence-electron chi connectivity index (χ2n) is 8.90. The summed E-state index contributed by atoms with van der Waals surface area (Å²) >= 11 is 1.57. The smallest absolute Gasteiger partial charge is 0.248 e. The number of nitrogens with zero attached hydrogens (tertiary/aromatic N) is 2. The van der Waals surface area contributed by atoms with E-state index in [2.05, 4.69) is 69.8 Å². The van der Waals surface area contributed by atoms with Crippen LogP contribution in [0.5, 0.6) is 0 Å². The minimum Gasteiger partial charge on any atom is -0.346 e. The van der Waals surface area contributed by atoms with E-state index in [1.807, 2.05) is 36.4 Å². The molecule has 1 amide bonds. The van der Waals surface area contributed by atoms with Crippen LogP contribution in [0.2, 0.25) is 0 Å². The highest BCUT2D eigenvalue weighted by atomic mass is 32.1. The molecule has 2 N–H and O–H groups in total. The van der Waals surface area contributed by atoms with Gasteiger partial charge in [0.1, 0.15) is 11.9 Å². The highest BCUT2D eigenvalue weighted by molar-refractivity contribution is 7.16. The van der Waals surface area contributed by atoms with Gasteiger partial charge in [0, 0.05) is 34.3 Å². The van der Waals surface area contributed by atoms with Crippen molar-refractivity contribution < 1.29 is 4.79 Å². The van der Waals surface area contributed by atoms with Gasteiger partial charge < -0.3 is 15.2 Å². The molecule has 0 spiro atoms. The average Bonchev–Trinajstić information content (AvgIpc) is 3.63. The maximum Gasteiger partial charge on any atom is 0.248 e. The first-order valence-corrected chi connectivity index (χ1v) is 12.8. The van der Waals surface area contributed by atoms with Gasteiger partial charge in [0.25, 0.3) is 0 Å². The first kappa shape index (κ1) is 21.6. The SMILES string of the molecule is O=C(Nc1nc(-c2ccccc2)c(Cc2ccccc2)s1)[C@@H]1CCCN1c1cc2ccccc2[nH]1. The van der Waals surface area contributed by atoms with Gasteiger partial charge >= 0.3 is 0 Å². The second-order valence-corrected chi connectivity index (χ2v) is 9.99. The number of benzene rings is 3. The van der Waals surface area contributed by atoms with Gasteiger partial charge in [-0.3, -0.25) is 4.79 Å². The zero-order valence-electron chi connectivity index (χ0n) is 19.3. The van der Waals surface area contributed by atoms with Gasteiger partial charge in [-0.15, -0.1) is 11.3 Å². The molecule has 3 aromatic carbocycles. The van der Waals surface area contributed by atoms with Gasteiger partial charge in [-0.2, -0.15) is 0 Å². The third-order valence-corrected chi connectivity index (χ3v) is 7.53. The molecule has 1 atom stereocenters. The van der Waals surface area contributed by atoms with Crippen molar-refractivity contribution in [2.24, 2.45) is 0 Å². The predicted molar refractivity (Wildman–Crippen MR) is 144 cm³/mol. The van der Waals surface area contributed by atoms with Gasteiger partial charge in [0.2, 0.25) is 5.91 Å². The molecule has 0 bridgehead atoms. The fourth-order valence-corrected chi connectivity index (χ4v) is 5.88. The number of H-pyrrole nitrogens is 1. The monoisotopic (exact) mass is 478 g/mol. The van der Waals surface area contributed by atoms with Crippen molar-refractivity contribution in [1.82, 2.24) is 9.97 Å². The Labute approximate surface area is 208 Å². The highest BCUT2D eigenvalue weighted by Crippen LogP contribution is 2.34. The van der Waals surface area contributed by atoms with Crippen molar-refractivity contribution in [3.8, 4) is 11.3 Å². The third kappa shape index (κ3) is 4.45. The molecule has 1 aliphatic heterocycles. The van der Waals surface area contributed by atoms with E-state index in [-0.39, 0.29) is 11.9 Å². The van der Waals surface area contributed by atoms with Crippen LogP contribution in [0.25, 0.3) is 22.2 Å². The molecule has 6 heteroatoms. The summed E-state index contributed by atoms with van der Waals surface area (Å²) in [5, 5.41) is 4.96. The number of para-hydroxylation sites is 1. The summed E-state index contributed by atoms with van der Waals surface area (Å²) in [7, 11) is 0. The molecule has 5 aromatic rings. The molecule has 1 saturated heterocycles. The fourth-order valence-electron chi connectivity index (χ4n) is 4.86.